The molecule has 30 heavy (non-hydrogen) atoms. The summed E-state index contributed by atoms with van der Waals surface area (Å²) in [6.45, 7) is 6.80. The molecule has 5 aromatic carbocycles. The molecule has 5 aromatic rings. The number of halogens is 2. The normalized spacial score (nSPS) is 10.2. The number of benzene rings is 4. The molecule has 0 heterocycles. The van der Waals surface area contributed by atoms with Gasteiger partial charge in [-0.1, -0.05) is 77.9 Å². The van der Waals surface area contributed by atoms with E-state index in [1.54, 1.807) is 23.3 Å². The Bertz CT molecular complexity index is 1280. The van der Waals surface area contributed by atoms with E-state index in [0.29, 0.717) is 0 Å². The summed E-state index contributed by atoms with van der Waals surface area (Å²) in [6.07, 6.45) is 0. The van der Waals surface area contributed by atoms with E-state index in [2.05, 4.69) is 105 Å². The minimum absolute atomic E-state index is 0. The Kier molecular flexibility index (Phi) is 9.00. The van der Waals surface area contributed by atoms with Crippen LogP contribution < -0.4 is 24.8 Å². The van der Waals surface area contributed by atoms with Crippen LogP contribution in [0.2, 0.25) is 13.1 Å². The van der Waals surface area contributed by atoms with Crippen molar-refractivity contribution in [3.63, 3.8) is 0 Å². The minimum atomic E-state index is 0. The zero-order valence-electron chi connectivity index (χ0n) is 17.3. The summed E-state index contributed by atoms with van der Waals surface area (Å²) in [6, 6.07) is 31.0. The summed E-state index contributed by atoms with van der Waals surface area (Å²) in [5, 5.41) is 7.91. The molecular formula is C26H23Cl2SiZr-. The Labute approximate surface area is 206 Å². The summed E-state index contributed by atoms with van der Waals surface area (Å²) < 4.78 is 0. The van der Waals surface area contributed by atoms with E-state index in [1.165, 1.54) is 49.0 Å². The Balaban J connectivity index is 0.000000494. The predicted octanol–water partition coefficient (Wildman–Crippen LogP) is 1.63. The molecule has 0 unspecified atom stereocenters. The molecule has 0 aliphatic carbocycles. The second-order valence-electron chi connectivity index (χ2n) is 7.57. The van der Waals surface area contributed by atoms with Crippen LogP contribution in [0.1, 0.15) is 5.56 Å². The van der Waals surface area contributed by atoms with Gasteiger partial charge in [-0.05, 0) is 28.5 Å². The predicted molar refractivity (Wildman–Crippen MR) is 122 cm³/mol. The number of aryl methyl sites for hydroxylation is 1. The molecule has 0 saturated carbocycles. The van der Waals surface area contributed by atoms with Crippen LogP contribution in [0.15, 0.2) is 84.9 Å². The monoisotopic (exact) mass is 523 g/mol. The molecule has 0 radical (unpaired) electrons. The average molecular weight is 526 g/mol. The van der Waals surface area contributed by atoms with Gasteiger partial charge in [-0.2, -0.15) is 0 Å². The van der Waals surface area contributed by atoms with Crippen molar-refractivity contribution >= 4 is 37.8 Å². The molecule has 0 atom stereocenters. The van der Waals surface area contributed by atoms with E-state index in [-0.39, 0.29) is 30.2 Å². The topological polar surface area (TPSA) is 0 Å². The minimum Gasteiger partial charge on any atom is -1.00 e. The Morgan fingerprint density at radius 2 is 1.33 bits per heavy atom. The molecule has 0 aliphatic heterocycles. The SMILES string of the molecule is C[Si](C)=[Zr+2].Cc1cc(-c2cc3ccccc3[cH-]2)c2c(ccc3ccccc32)c1.[Cl-].[Cl-]. The molecule has 0 N–H and O–H groups in total. The maximum atomic E-state index is 2.32. The molecule has 0 nitrogen and oxygen atoms in total. The maximum Gasteiger partial charge on any atom is -0.0174 e. The largest absolute Gasteiger partial charge is 1.00 e. The van der Waals surface area contributed by atoms with Crippen LogP contribution in [0.5, 0.6) is 0 Å². The molecule has 0 aliphatic rings. The number of hydrogen-bond donors (Lipinski definition) is 0. The quantitative estimate of drug-likeness (QED) is 0.177. The van der Waals surface area contributed by atoms with Crippen molar-refractivity contribution in [3.8, 4) is 11.1 Å². The van der Waals surface area contributed by atoms with E-state index >= 15 is 0 Å². The molecule has 0 fully saturated rings. The first-order valence-corrected chi connectivity index (χ1v) is 15.8. The van der Waals surface area contributed by atoms with Gasteiger partial charge in [-0.25, -0.2) is 0 Å². The van der Waals surface area contributed by atoms with E-state index in [0.717, 1.165) is 0 Å². The molecule has 4 heteroatoms. The summed E-state index contributed by atoms with van der Waals surface area (Å²) in [5.41, 5.74) is 4.15. The van der Waals surface area contributed by atoms with Crippen molar-refractivity contribution in [2.75, 3.05) is 0 Å². The van der Waals surface area contributed by atoms with E-state index in [9.17, 15) is 0 Å². The van der Waals surface area contributed by atoms with Gasteiger partial charge < -0.3 is 24.8 Å². The van der Waals surface area contributed by atoms with Crippen molar-refractivity contribution in [1.82, 2.24) is 0 Å². The second kappa shape index (κ2) is 10.8. The third kappa shape index (κ3) is 5.29. The molecule has 0 amide bonds. The van der Waals surface area contributed by atoms with Crippen LogP contribution >= 0.6 is 0 Å². The molecule has 0 bridgehead atoms. The van der Waals surface area contributed by atoms with E-state index in [4.69, 9.17) is 0 Å². The molecule has 0 saturated heterocycles. The van der Waals surface area contributed by atoms with Crippen molar-refractivity contribution < 1.29 is 48.1 Å². The number of hydrogen-bond acceptors (Lipinski definition) is 0. The van der Waals surface area contributed by atoms with Gasteiger partial charge in [0.1, 0.15) is 0 Å². The Morgan fingerprint density at radius 1 is 0.733 bits per heavy atom. The van der Waals surface area contributed by atoms with Crippen molar-refractivity contribution in [1.29, 1.82) is 0 Å². The smallest absolute Gasteiger partial charge is 0.0174 e. The van der Waals surface area contributed by atoms with Crippen LogP contribution in [0.3, 0.4) is 0 Å². The summed E-state index contributed by atoms with van der Waals surface area (Å²) in [7, 11) is 0. The van der Waals surface area contributed by atoms with Gasteiger partial charge in [0.2, 0.25) is 0 Å². The van der Waals surface area contributed by atoms with Gasteiger partial charge in [0.05, 0.1) is 0 Å². The van der Waals surface area contributed by atoms with Crippen molar-refractivity contribution in [2.45, 2.75) is 20.0 Å². The van der Waals surface area contributed by atoms with Crippen LogP contribution in [0, 0.1) is 6.92 Å². The van der Waals surface area contributed by atoms with Gasteiger partial charge >= 0.3 is 41.9 Å². The van der Waals surface area contributed by atoms with E-state index < -0.39 is 0 Å². The molecular weight excluding hydrogens is 503 g/mol. The molecule has 0 spiro atoms. The second-order valence-corrected chi connectivity index (χ2v) is 16.9. The fourth-order valence-corrected chi connectivity index (χ4v) is 3.83. The Morgan fingerprint density at radius 3 is 2.03 bits per heavy atom. The maximum absolute atomic E-state index is 2.32. The van der Waals surface area contributed by atoms with Gasteiger partial charge in [0, 0.05) is 0 Å². The van der Waals surface area contributed by atoms with Gasteiger partial charge in [0.25, 0.3) is 0 Å². The fourth-order valence-electron chi connectivity index (χ4n) is 3.83. The first-order chi connectivity index (χ1) is 13.5. The molecule has 0 aromatic heterocycles. The summed E-state index contributed by atoms with van der Waals surface area (Å²) in [4.78, 5) is 0. The van der Waals surface area contributed by atoms with Gasteiger partial charge in [-0.3, -0.25) is 0 Å². The first-order valence-electron chi connectivity index (χ1n) is 9.62. The van der Waals surface area contributed by atoms with Gasteiger partial charge in [0.15, 0.2) is 0 Å². The standard InChI is InChI=1S/C24H17.C2H6Si.2ClH.Zr/c1-16-12-20-11-10-17-6-4-5-9-22(17)24(20)23(13-16)21-14-18-7-2-3-8-19(18)15-21;1-3-2;;;/h2-15H,1H3;1-2H3;2*1H;/q-1;;;;+2/p-2. The fraction of sp³-hybridized carbons (Fsp3) is 0.115. The zero-order chi connectivity index (χ0) is 19.7. The molecule has 150 valence electrons. The summed E-state index contributed by atoms with van der Waals surface area (Å²) in [5.74, 6) is 0. The first kappa shape index (κ1) is 25.0. The van der Waals surface area contributed by atoms with Crippen molar-refractivity contribution in [2.24, 2.45) is 0 Å². The third-order valence-corrected chi connectivity index (χ3v) is 4.91. The van der Waals surface area contributed by atoms with Crippen LogP contribution in [-0.4, -0.2) is 5.43 Å². The average Bonchev–Trinajstić information content (AvgIpc) is 3.10. The number of fused-ring (bicyclic) bond motifs is 4. The van der Waals surface area contributed by atoms with Gasteiger partial charge in [-0.15, -0.1) is 34.5 Å². The third-order valence-electron chi connectivity index (χ3n) is 4.91. The number of rotatable bonds is 1. The van der Waals surface area contributed by atoms with Crippen LogP contribution in [0.25, 0.3) is 43.4 Å². The van der Waals surface area contributed by atoms with Crippen LogP contribution in [0.4, 0.5) is 0 Å². The summed E-state index contributed by atoms with van der Waals surface area (Å²) >= 11 is 1.74. The molecule has 5 rings (SSSR count). The zero-order valence-corrected chi connectivity index (χ0v) is 22.3. The van der Waals surface area contributed by atoms with Crippen molar-refractivity contribution in [3.05, 3.63) is 90.5 Å². The Hall–Kier alpha value is -1.31. The van der Waals surface area contributed by atoms with E-state index in [1.807, 2.05) is 0 Å². The van der Waals surface area contributed by atoms with Crippen LogP contribution in [-0.2, 0) is 23.3 Å².